The van der Waals surface area contributed by atoms with Crippen LogP contribution < -0.4 is 5.32 Å². The Morgan fingerprint density at radius 3 is 2.55 bits per heavy atom. The number of nitrogens with one attached hydrogen (secondary N) is 1. The molecule has 2 amide bonds. The minimum Gasteiger partial charge on any atom is -0.481 e. The number of esters is 1. The number of fused-ring (bicyclic) bond motifs is 1. The summed E-state index contributed by atoms with van der Waals surface area (Å²) in [5, 5.41) is 11.0. The van der Waals surface area contributed by atoms with Crippen molar-refractivity contribution in [3.63, 3.8) is 0 Å². The van der Waals surface area contributed by atoms with Gasteiger partial charge < -0.3 is 9.84 Å². The largest absolute Gasteiger partial charge is 0.481 e. The predicted octanol–water partition coefficient (Wildman–Crippen LogP) is -0.158. The molecule has 0 spiro atoms. The highest BCUT2D eigenvalue weighted by Crippen LogP contribution is 2.35. The summed E-state index contributed by atoms with van der Waals surface area (Å²) in [5.41, 5.74) is -1.92. The summed E-state index contributed by atoms with van der Waals surface area (Å²) in [5.74, 6) is -4.03. The minimum atomic E-state index is -2.05. The first kappa shape index (κ1) is 13.7. The van der Waals surface area contributed by atoms with Crippen molar-refractivity contribution in [3.05, 3.63) is 35.4 Å². The smallest absolute Gasteiger partial charge is 0.326 e. The SMILES string of the molecule is COC(=O)C1(CC(=O)O)C(=O)NC(=O)c2ccccc21. The third kappa shape index (κ3) is 1.83. The summed E-state index contributed by atoms with van der Waals surface area (Å²) < 4.78 is 4.58. The number of hydrogen-bond acceptors (Lipinski definition) is 5. The Kier molecular flexibility index (Phi) is 3.27. The zero-order valence-electron chi connectivity index (χ0n) is 10.5. The maximum atomic E-state index is 12.1. The Morgan fingerprint density at radius 1 is 1.30 bits per heavy atom. The molecule has 0 fully saturated rings. The highest BCUT2D eigenvalue weighted by molar-refractivity contribution is 6.22. The molecule has 0 saturated heterocycles. The lowest BCUT2D eigenvalue weighted by atomic mass is 9.72. The molecule has 1 aliphatic rings. The van der Waals surface area contributed by atoms with E-state index in [1.165, 1.54) is 18.2 Å². The van der Waals surface area contributed by atoms with Gasteiger partial charge in [-0.15, -0.1) is 0 Å². The van der Waals surface area contributed by atoms with E-state index in [1.807, 2.05) is 5.32 Å². The number of carboxylic acids is 1. The van der Waals surface area contributed by atoms with E-state index in [-0.39, 0.29) is 11.1 Å². The van der Waals surface area contributed by atoms with E-state index in [9.17, 15) is 19.2 Å². The molecule has 1 heterocycles. The molecule has 1 atom stereocenters. The van der Waals surface area contributed by atoms with Crippen molar-refractivity contribution >= 4 is 23.8 Å². The van der Waals surface area contributed by atoms with Gasteiger partial charge in [-0.3, -0.25) is 24.5 Å². The van der Waals surface area contributed by atoms with Crippen LogP contribution >= 0.6 is 0 Å². The van der Waals surface area contributed by atoms with E-state index in [0.717, 1.165) is 7.11 Å². The number of carbonyl (C=O) groups excluding carboxylic acids is 3. The van der Waals surface area contributed by atoms with Crippen LogP contribution in [0.5, 0.6) is 0 Å². The van der Waals surface area contributed by atoms with Crippen molar-refractivity contribution in [2.24, 2.45) is 0 Å². The number of amides is 2. The Bertz CT molecular complexity index is 623. The number of ether oxygens (including phenoxy) is 1. The van der Waals surface area contributed by atoms with Gasteiger partial charge in [0, 0.05) is 5.56 Å². The maximum Gasteiger partial charge on any atom is 0.326 e. The van der Waals surface area contributed by atoms with Crippen LogP contribution in [-0.4, -0.2) is 36.0 Å². The van der Waals surface area contributed by atoms with Gasteiger partial charge in [0.2, 0.25) is 5.91 Å². The van der Waals surface area contributed by atoms with E-state index in [4.69, 9.17) is 5.11 Å². The van der Waals surface area contributed by atoms with Gasteiger partial charge in [0.05, 0.1) is 13.5 Å². The highest BCUT2D eigenvalue weighted by atomic mass is 16.5. The Morgan fingerprint density at radius 2 is 1.95 bits per heavy atom. The number of rotatable bonds is 3. The van der Waals surface area contributed by atoms with E-state index in [2.05, 4.69) is 4.74 Å². The van der Waals surface area contributed by atoms with Crippen LogP contribution in [0.4, 0.5) is 0 Å². The number of carboxylic acid groups (broad SMARTS) is 1. The Hall–Kier alpha value is -2.70. The first-order valence-electron chi connectivity index (χ1n) is 5.69. The summed E-state index contributed by atoms with van der Waals surface area (Å²) in [6, 6.07) is 5.86. The number of methoxy groups -OCH3 is 1. The molecule has 2 rings (SSSR count). The molecule has 2 N–H and O–H groups in total. The number of carbonyl (C=O) groups is 4. The van der Waals surface area contributed by atoms with Crippen molar-refractivity contribution < 1.29 is 29.0 Å². The number of hydrogen-bond donors (Lipinski definition) is 2. The normalized spacial score (nSPS) is 20.9. The van der Waals surface area contributed by atoms with Crippen LogP contribution in [0.3, 0.4) is 0 Å². The van der Waals surface area contributed by atoms with Crippen LogP contribution in [0.2, 0.25) is 0 Å². The fraction of sp³-hybridized carbons (Fsp3) is 0.231. The summed E-state index contributed by atoms with van der Waals surface area (Å²) >= 11 is 0. The summed E-state index contributed by atoms with van der Waals surface area (Å²) in [4.78, 5) is 47.0. The van der Waals surface area contributed by atoms with Gasteiger partial charge in [-0.25, -0.2) is 0 Å². The second kappa shape index (κ2) is 4.76. The number of aliphatic carboxylic acids is 1. The van der Waals surface area contributed by atoms with Gasteiger partial charge in [-0.1, -0.05) is 18.2 Å². The first-order chi connectivity index (χ1) is 9.43. The summed E-state index contributed by atoms with van der Waals surface area (Å²) in [6.45, 7) is 0. The second-order valence-corrected chi connectivity index (χ2v) is 4.30. The Labute approximate surface area is 113 Å². The molecule has 7 nitrogen and oxygen atoms in total. The van der Waals surface area contributed by atoms with E-state index < -0.39 is 35.6 Å². The number of benzene rings is 1. The van der Waals surface area contributed by atoms with E-state index in [0.29, 0.717) is 0 Å². The zero-order valence-corrected chi connectivity index (χ0v) is 10.5. The van der Waals surface area contributed by atoms with Gasteiger partial charge in [0.15, 0.2) is 5.41 Å². The molecule has 0 saturated carbocycles. The second-order valence-electron chi connectivity index (χ2n) is 4.30. The molecule has 0 aliphatic carbocycles. The molecule has 7 heteroatoms. The fourth-order valence-corrected chi connectivity index (χ4v) is 2.30. The first-order valence-corrected chi connectivity index (χ1v) is 5.69. The van der Waals surface area contributed by atoms with Gasteiger partial charge in [-0.05, 0) is 11.6 Å². The van der Waals surface area contributed by atoms with E-state index in [1.54, 1.807) is 6.07 Å². The van der Waals surface area contributed by atoms with Crippen molar-refractivity contribution in [3.8, 4) is 0 Å². The molecule has 1 unspecified atom stereocenters. The lowest BCUT2D eigenvalue weighted by Gasteiger charge is -2.33. The summed E-state index contributed by atoms with van der Waals surface area (Å²) in [6.07, 6.45) is -0.796. The molecule has 0 bridgehead atoms. The monoisotopic (exact) mass is 277 g/mol. The maximum absolute atomic E-state index is 12.1. The van der Waals surface area contributed by atoms with Gasteiger partial charge in [-0.2, -0.15) is 0 Å². The highest BCUT2D eigenvalue weighted by Gasteiger charge is 2.55. The molecule has 1 aromatic rings. The van der Waals surface area contributed by atoms with E-state index >= 15 is 0 Å². The third-order valence-corrected chi connectivity index (χ3v) is 3.20. The molecule has 0 radical (unpaired) electrons. The average molecular weight is 277 g/mol. The summed E-state index contributed by atoms with van der Waals surface area (Å²) in [7, 11) is 1.05. The molecular weight excluding hydrogens is 266 g/mol. The molecule has 20 heavy (non-hydrogen) atoms. The van der Waals surface area contributed by atoms with Crippen LogP contribution in [0.15, 0.2) is 24.3 Å². The minimum absolute atomic E-state index is 0.0444. The van der Waals surface area contributed by atoms with Gasteiger partial charge in [0.1, 0.15) is 0 Å². The van der Waals surface area contributed by atoms with Crippen LogP contribution in [-0.2, 0) is 24.5 Å². The molecule has 1 aromatic carbocycles. The topological polar surface area (TPSA) is 110 Å². The number of imide groups is 1. The quantitative estimate of drug-likeness (QED) is 0.451. The van der Waals surface area contributed by atoms with Gasteiger partial charge >= 0.3 is 11.9 Å². The molecule has 1 aliphatic heterocycles. The third-order valence-electron chi connectivity index (χ3n) is 3.20. The van der Waals surface area contributed by atoms with Crippen molar-refractivity contribution in [2.45, 2.75) is 11.8 Å². The standard InChI is InChI=1S/C13H11NO6/c1-20-12(19)13(6-9(15)16)8-5-3-2-4-7(8)10(17)14-11(13)18/h2-5H,6H2,1H3,(H,15,16)(H,14,17,18). The van der Waals surface area contributed by atoms with Gasteiger partial charge in [0.25, 0.3) is 5.91 Å². The van der Waals surface area contributed by atoms with Crippen molar-refractivity contribution in [1.29, 1.82) is 0 Å². The molecule has 0 aromatic heterocycles. The predicted molar refractivity (Wildman–Crippen MR) is 64.9 cm³/mol. The van der Waals surface area contributed by atoms with Crippen LogP contribution in [0.1, 0.15) is 22.3 Å². The lowest BCUT2D eigenvalue weighted by molar-refractivity contribution is -0.158. The van der Waals surface area contributed by atoms with Crippen LogP contribution in [0, 0.1) is 0 Å². The van der Waals surface area contributed by atoms with Crippen molar-refractivity contribution in [2.75, 3.05) is 7.11 Å². The van der Waals surface area contributed by atoms with Crippen LogP contribution in [0.25, 0.3) is 0 Å². The average Bonchev–Trinajstić information content (AvgIpc) is 2.42. The lowest BCUT2D eigenvalue weighted by Crippen LogP contribution is -2.57. The zero-order chi connectivity index (χ0) is 14.9. The molecule has 104 valence electrons. The van der Waals surface area contributed by atoms with Crippen molar-refractivity contribution in [1.82, 2.24) is 5.32 Å². The fourth-order valence-electron chi connectivity index (χ4n) is 2.30. The molecular formula is C13H11NO6. The Balaban J connectivity index is 2.74.